The fourth-order valence-corrected chi connectivity index (χ4v) is 5.65. The van der Waals surface area contributed by atoms with Gasteiger partial charge in [0.1, 0.15) is 11.4 Å². The number of hydrogen-bond donors (Lipinski definition) is 2. The van der Waals surface area contributed by atoms with Gasteiger partial charge in [0.15, 0.2) is 0 Å². The van der Waals surface area contributed by atoms with Gasteiger partial charge in [0.2, 0.25) is 10.0 Å². The summed E-state index contributed by atoms with van der Waals surface area (Å²) >= 11 is 0. The van der Waals surface area contributed by atoms with Gasteiger partial charge < -0.3 is 15.0 Å². The Labute approximate surface area is 202 Å². The highest BCUT2D eigenvalue weighted by Gasteiger charge is 2.42. The number of hydrogen-bond acceptors (Lipinski definition) is 5. The summed E-state index contributed by atoms with van der Waals surface area (Å²) in [7, 11) is -3.38. The third kappa shape index (κ3) is 5.08. The Hall–Kier alpha value is -2.58. The van der Waals surface area contributed by atoms with Crippen molar-refractivity contribution >= 4 is 21.6 Å². The van der Waals surface area contributed by atoms with E-state index in [1.54, 1.807) is 13.0 Å². The second-order valence-corrected chi connectivity index (χ2v) is 11.2. The van der Waals surface area contributed by atoms with Gasteiger partial charge in [-0.3, -0.25) is 9.52 Å². The summed E-state index contributed by atoms with van der Waals surface area (Å²) in [4.78, 5) is 14.6. The number of rotatable bonds is 7. The van der Waals surface area contributed by atoms with Gasteiger partial charge in [-0.05, 0) is 89.0 Å². The maximum atomic E-state index is 12.8. The van der Waals surface area contributed by atoms with Crippen LogP contribution in [-0.4, -0.2) is 56.8 Å². The van der Waals surface area contributed by atoms with Crippen LogP contribution in [0.3, 0.4) is 0 Å². The van der Waals surface area contributed by atoms with Gasteiger partial charge in [-0.15, -0.1) is 0 Å². The Bertz CT molecular complexity index is 1120. The van der Waals surface area contributed by atoms with Crippen molar-refractivity contribution in [1.82, 2.24) is 10.2 Å². The maximum Gasteiger partial charge on any atom is 0.253 e. The molecule has 1 spiro atoms. The van der Waals surface area contributed by atoms with Gasteiger partial charge in [0.25, 0.3) is 5.91 Å². The molecule has 1 amide bonds. The van der Waals surface area contributed by atoms with Crippen LogP contribution in [0.4, 0.5) is 5.69 Å². The lowest BCUT2D eigenvalue weighted by Gasteiger charge is -2.45. The van der Waals surface area contributed by atoms with Gasteiger partial charge in [0.05, 0.1) is 5.75 Å². The molecule has 1 atom stereocenters. The first kappa shape index (κ1) is 24.5. The van der Waals surface area contributed by atoms with Gasteiger partial charge in [-0.2, -0.15) is 0 Å². The van der Waals surface area contributed by atoms with Crippen LogP contribution < -0.4 is 14.8 Å². The molecule has 7 nitrogen and oxygen atoms in total. The zero-order valence-electron chi connectivity index (χ0n) is 20.3. The number of sulfonamides is 1. The Balaban J connectivity index is 1.71. The van der Waals surface area contributed by atoms with Crippen LogP contribution in [0.2, 0.25) is 0 Å². The SMILES string of the molecule is CCN(CC)C(=O)c1ccc(C2CC3(CCNCC3)Oc3ccc(NS(=O)(=O)CC)cc32)cc1. The molecule has 184 valence electrons. The number of benzene rings is 2. The van der Waals surface area contributed by atoms with Crippen LogP contribution in [0, 0.1) is 0 Å². The second kappa shape index (κ2) is 9.96. The molecule has 2 aliphatic heterocycles. The molecule has 2 N–H and O–H groups in total. The highest BCUT2D eigenvalue weighted by molar-refractivity contribution is 7.92. The third-order valence-corrected chi connectivity index (χ3v) is 8.37. The fourth-order valence-electron chi connectivity index (χ4n) is 5.02. The predicted molar refractivity (Wildman–Crippen MR) is 135 cm³/mol. The first-order valence-electron chi connectivity index (χ1n) is 12.2. The highest BCUT2D eigenvalue weighted by Crippen LogP contribution is 2.48. The van der Waals surface area contributed by atoms with E-state index < -0.39 is 10.0 Å². The van der Waals surface area contributed by atoms with E-state index in [1.807, 2.05) is 55.1 Å². The van der Waals surface area contributed by atoms with Crippen molar-refractivity contribution in [2.75, 3.05) is 36.7 Å². The molecule has 0 saturated carbocycles. The molecule has 34 heavy (non-hydrogen) atoms. The molecule has 1 fully saturated rings. The predicted octanol–water partition coefficient (Wildman–Crippen LogP) is 3.97. The van der Waals surface area contributed by atoms with E-state index in [4.69, 9.17) is 4.74 Å². The molecule has 2 aliphatic rings. The third-order valence-electron chi connectivity index (χ3n) is 7.07. The molecule has 2 aromatic rings. The second-order valence-electron chi connectivity index (χ2n) is 9.15. The summed E-state index contributed by atoms with van der Waals surface area (Å²) in [5.41, 5.74) is 3.06. The van der Waals surface area contributed by atoms with Crippen LogP contribution in [-0.2, 0) is 10.0 Å². The van der Waals surface area contributed by atoms with Crippen molar-refractivity contribution in [2.45, 2.75) is 51.6 Å². The number of nitrogens with zero attached hydrogens (tertiary/aromatic N) is 1. The molecule has 0 radical (unpaired) electrons. The monoisotopic (exact) mass is 485 g/mol. The molecule has 1 unspecified atom stereocenters. The fraction of sp³-hybridized carbons (Fsp3) is 0.500. The number of carbonyl (C=O) groups excluding carboxylic acids is 1. The largest absolute Gasteiger partial charge is 0.487 e. The number of nitrogens with one attached hydrogen (secondary N) is 2. The molecule has 0 bridgehead atoms. The number of piperidine rings is 1. The van der Waals surface area contributed by atoms with Gasteiger partial charge in [-0.1, -0.05) is 12.1 Å². The Kier molecular flexibility index (Phi) is 7.19. The molecule has 2 aromatic carbocycles. The minimum atomic E-state index is -3.38. The van der Waals surface area contributed by atoms with Gasteiger partial charge in [-0.25, -0.2) is 8.42 Å². The zero-order chi connectivity index (χ0) is 24.3. The van der Waals surface area contributed by atoms with Crippen molar-refractivity contribution in [3.05, 3.63) is 59.2 Å². The standard InChI is InChI=1S/C26H35N3O4S/c1-4-29(5-2)25(30)20-9-7-19(8-10-20)23-18-26(13-15-27-16-14-26)33-24-12-11-21(17-22(23)24)28-34(31,32)6-3/h7-12,17,23,27-28H,4-6,13-16,18H2,1-3H3. The number of anilines is 1. The first-order valence-corrected chi connectivity index (χ1v) is 13.9. The van der Waals surface area contributed by atoms with Crippen LogP contribution in [0.15, 0.2) is 42.5 Å². The summed E-state index contributed by atoms with van der Waals surface area (Å²) in [6, 6.07) is 13.4. The van der Waals surface area contributed by atoms with E-state index in [2.05, 4.69) is 10.0 Å². The molecule has 0 aromatic heterocycles. The van der Waals surface area contributed by atoms with Crippen molar-refractivity contribution in [3.63, 3.8) is 0 Å². The summed E-state index contributed by atoms with van der Waals surface area (Å²) in [6.07, 6.45) is 2.66. The average molecular weight is 486 g/mol. The molecule has 0 aliphatic carbocycles. The van der Waals surface area contributed by atoms with E-state index in [0.717, 1.165) is 49.2 Å². The summed E-state index contributed by atoms with van der Waals surface area (Å²) in [6.45, 7) is 8.76. The topological polar surface area (TPSA) is 87.7 Å². The Morgan fingerprint density at radius 3 is 2.38 bits per heavy atom. The smallest absolute Gasteiger partial charge is 0.253 e. The van der Waals surface area contributed by atoms with Crippen LogP contribution >= 0.6 is 0 Å². The average Bonchev–Trinajstić information content (AvgIpc) is 2.85. The normalized spacial score (nSPS) is 19.2. The molecular formula is C26H35N3O4S. The van der Waals surface area contributed by atoms with Crippen LogP contribution in [0.25, 0.3) is 0 Å². The van der Waals surface area contributed by atoms with E-state index in [0.29, 0.717) is 24.3 Å². The summed E-state index contributed by atoms with van der Waals surface area (Å²) < 4.78 is 33.5. The van der Waals surface area contributed by atoms with Gasteiger partial charge in [0, 0.05) is 35.8 Å². The summed E-state index contributed by atoms with van der Waals surface area (Å²) in [5.74, 6) is 0.906. The lowest BCUT2D eigenvalue weighted by atomic mass is 9.75. The minimum Gasteiger partial charge on any atom is -0.487 e. The highest BCUT2D eigenvalue weighted by atomic mass is 32.2. The Morgan fingerprint density at radius 1 is 1.09 bits per heavy atom. The Morgan fingerprint density at radius 2 is 1.76 bits per heavy atom. The van der Waals surface area contributed by atoms with Crippen molar-refractivity contribution in [1.29, 1.82) is 0 Å². The first-order chi connectivity index (χ1) is 16.3. The van der Waals surface area contributed by atoms with Crippen LogP contribution in [0.5, 0.6) is 5.75 Å². The molecule has 2 heterocycles. The molecule has 1 saturated heterocycles. The zero-order valence-corrected chi connectivity index (χ0v) is 21.1. The number of amides is 1. The molecule has 8 heteroatoms. The van der Waals surface area contributed by atoms with Crippen molar-refractivity contribution in [2.24, 2.45) is 0 Å². The van der Waals surface area contributed by atoms with Gasteiger partial charge >= 0.3 is 0 Å². The number of ether oxygens (including phenoxy) is 1. The molecular weight excluding hydrogens is 450 g/mol. The van der Waals surface area contributed by atoms with E-state index in [9.17, 15) is 13.2 Å². The van der Waals surface area contributed by atoms with E-state index in [-0.39, 0.29) is 23.2 Å². The maximum absolute atomic E-state index is 12.8. The number of fused-ring (bicyclic) bond motifs is 1. The quantitative estimate of drug-likeness (QED) is 0.620. The number of carbonyl (C=O) groups is 1. The van der Waals surface area contributed by atoms with Crippen molar-refractivity contribution < 1.29 is 17.9 Å². The lowest BCUT2D eigenvalue weighted by Crippen LogP contribution is -2.49. The minimum absolute atomic E-state index is 0.0160. The summed E-state index contributed by atoms with van der Waals surface area (Å²) in [5, 5.41) is 3.42. The molecule has 4 rings (SSSR count). The van der Waals surface area contributed by atoms with E-state index >= 15 is 0 Å². The van der Waals surface area contributed by atoms with Crippen LogP contribution in [0.1, 0.15) is 67.4 Å². The van der Waals surface area contributed by atoms with E-state index in [1.165, 1.54) is 0 Å². The lowest BCUT2D eigenvalue weighted by molar-refractivity contribution is 0.0114. The van der Waals surface area contributed by atoms with Crippen molar-refractivity contribution in [3.8, 4) is 5.75 Å².